The van der Waals surface area contributed by atoms with Gasteiger partial charge in [-0.3, -0.25) is 0 Å². The molecule has 0 radical (unpaired) electrons. The highest BCUT2D eigenvalue weighted by atomic mass is 13.8. The van der Waals surface area contributed by atoms with Crippen LogP contribution >= 0.6 is 0 Å². The Kier molecular flexibility index (Phi) is 17.8. The summed E-state index contributed by atoms with van der Waals surface area (Å²) in [5.74, 6) is 2.25. The molecule has 0 heteroatoms. The summed E-state index contributed by atoms with van der Waals surface area (Å²) in [6.07, 6.45) is 4.60. The third-order valence-electron chi connectivity index (χ3n) is 1.61. The van der Waals surface area contributed by atoms with E-state index in [0.29, 0.717) is 0 Å². The normalized spacial score (nSPS) is 6.83. The summed E-state index contributed by atoms with van der Waals surface area (Å²) in [6, 6.07) is 22.3. The first kappa shape index (κ1) is 18.4. The maximum Gasteiger partial charge on any atom is -0.00297 e. The number of hydrogen-bond donors (Lipinski definition) is 0. The predicted molar refractivity (Wildman–Crippen MR) is 83.5 cm³/mol. The largest absolute Gasteiger partial charge is 0.120 e. The zero-order valence-corrected chi connectivity index (χ0v) is 11.9. The molecule has 0 saturated heterocycles. The van der Waals surface area contributed by atoms with Gasteiger partial charge in [0.15, 0.2) is 0 Å². The molecule has 0 aliphatic heterocycles. The average Bonchev–Trinajstić information content (AvgIpc) is 2.45. The van der Waals surface area contributed by atoms with Gasteiger partial charge in [0, 0.05) is 0 Å². The van der Waals surface area contributed by atoms with Crippen molar-refractivity contribution in [2.24, 2.45) is 0 Å². The molecule has 96 valence electrons. The van der Waals surface area contributed by atoms with E-state index in [-0.39, 0.29) is 0 Å². The number of rotatable bonds is 0. The number of aryl methyl sites for hydroxylation is 1. The molecule has 2 aromatic rings. The number of benzene rings is 2. The fourth-order valence-electron chi connectivity index (χ4n) is 0.919. The average molecular weight is 240 g/mol. The lowest BCUT2D eigenvalue weighted by Crippen LogP contribution is -1.62. The molecule has 2 rings (SSSR count). The van der Waals surface area contributed by atoms with Gasteiger partial charge in [-0.15, -0.1) is 12.3 Å². The second kappa shape index (κ2) is 17.4. The van der Waals surface area contributed by atoms with Crippen LogP contribution in [0.5, 0.6) is 0 Å². The molecule has 0 bridgehead atoms. The molecule has 0 N–H and O–H groups in total. The minimum Gasteiger partial charge on any atom is -0.120 e. The zero-order chi connectivity index (χ0) is 14.1. The van der Waals surface area contributed by atoms with Crippen molar-refractivity contribution in [2.45, 2.75) is 27.7 Å². The highest BCUT2D eigenvalue weighted by Gasteiger charge is 1.72. The van der Waals surface area contributed by atoms with Gasteiger partial charge in [-0.25, -0.2) is 0 Å². The SMILES string of the molecule is C#CC.CC.Cc1ccccc1.c1ccccc1. The predicted octanol–water partition coefficient (Wildman–Crippen LogP) is 5.35. The van der Waals surface area contributed by atoms with Gasteiger partial charge >= 0.3 is 0 Å². The maximum atomic E-state index is 4.60. The summed E-state index contributed by atoms with van der Waals surface area (Å²) in [7, 11) is 0. The third-order valence-corrected chi connectivity index (χ3v) is 1.61. The molecule has 0 spiro atoms. The van der Waals surface area contributed by atoms with Gasteiger partial charge in [0.05, 0.1) is 0 Å². The molecular formula is C18H24. The molecule has 0 nitrogen and oxygen atoms in total. The summed E-state index contributed by atoms with van der Waals surface area (Å²) in [4.78, 5) is 0. The Morgan fingerprint density at radius 3 is 1.11 bits per heavy atom. The lowest BCUT2D eigenvalue weighted by Gasteiger charge is -1.82. The van der Waals surface area contributed by atoms with Gasteiger partial charge in [-0.2, -0.15) is 0 Å². The molecule has 0 unspecified atom stereocenters. The smallest absolute Gasteiger partial charge is 0.00297 e. The van der Waals surface area contributed by atoms with Crippen molar-refractivity contribution in [3.8, 4) is 12.3 Å². The molecular weight excluding hydrogens is 216 g/mol. The van der Waals surface area contributed by atoms with E-state index in [1.54, 1.807) is 6.92 Å². The van der Waals surface area contributed by atoms with Crippen LogP contribution in [0, 0.1) is 19.3 Å². The quantitative estimate of drug-likeness (QED) is 0.545. The molecule has 0 fully saturated rings. The Morgan fingerprint density at radius 2 is 0.944 bits per heavy atom. The van der Waals surface area contributed by atoms with E-state index in [9.17, 15) is 0 Å². The first-order valence-electron chi connectivity index (χ1n) is 6.20. The third kappa shape index (κ3) is 16.4. The fourth-order valence-corrected chi connectivity index (χ4v) is 0.919. The minimum absolute atomic E-state index is 1.32. The van der Waals surface area contributed by atoms with E-state index in [2.05, 4.69) is 31.4 Å². The molecule has 0 heterocycles. The van der Waals surface area contributed by atoms with Crippen molar-refractivity contribution in [2.75, 3.05) is 0 Å². The standard InChI is InChI=1S/C7H8.C6H6.C3H4.C2H6/c1-7-5-3-2-4-6-7;1-2-4-6-5-3-1;1-3-2;1-2/h2-6H,1H3;1-6H;1H,2H3;1-2H3. The number of terminal acetylenes is 1. The van der Waals surface area contributed by atoms with Crippen LogP contribution in [-0.4, -0.2) is 0 Å². The maximum absolute atomic E-state index is 4.60. The molecule has 0 saturated carbocycles. The molecule has 2 aromatic carbocycles. The van der Waals surface area contributed by atoms with Crippen molar-refractivity contribution < 1.29 is 0 Å². The molecule has 0 amide bonds. The molecule has 0 aliphatic carbocycles. The van der Waals surface area contributed by atoms with Crippen LogP contribution in [0.2, 0.25) is 0 Å². The van der Waals surface area contributed by atoms with E-state index < -0.39 is 0 Å². The Hall–Kier alpha value is -2.00. The lowest BCUT2D eigenvalue weighted by molar-refractivity contribution is 1.48. The summed E-state index contributed by atoms with van der Waals surface area (Å²) in [6.45, 7) is 7.74. The Morgan fingerprint density at radius 1 is 0.722 bits per heavy atom. The molecule has 18 heavy (non-hydrogen) atoms. The lowest BCUT2D eigenvalue weighted by atomic mass is 10.2. The summed E-state index contributed by atoms with van der Waals surface area (Å²) in [5.41, 5.74) is 1.32. The Labute approximate surface area is 113 Å². The van der Waals surface area contributed by atoms with E-state index in [1.165, 1.54) is 5.56 Å². The van der Waals surface area contributed by atoms with E-state index >= 15 is 0 Å². The highest BCUT2D eigenvalue weighted by Crippen LogP contribution is 1.92. The van der Waals surface area contributed by atoms with Crippen molar-refractivity contribution in [3.63, 3.8) is 0 Å². The van der Waals surface area contributed by atoms with Crippen molar-refractivity contribution in [3.05, 3.63) is 72.3 Å². The first-order chi connectivity index (χ1) is 8.81. The van der Waals surface area contributed by atoms with Crippen LogP contribution in [0.15, 0.2) is 66.7 Å². The van der Waals surface area contributed by atoms with Crippen LogP contribution < -0.4 is 0 Å². The summed E-state index contributed by atoms with van der Waals surface area (Å²) < 4.78 is 0. The first-order valence-corrected chi connectivity index (χ1v) is 6.20. The van der Waals surface area contributed by atoms with Gasteiger partial charge in [0.2, 0.25) is 0 Å². The van der Waals surface area contributed by atoms with Gasteiger partial charge in [0.25, 0.3) is 0 Å². The second-order valence-corrected chi connectivity index (χ2v) is 3.10. The van der Waals surface area contributed by atoms with Crippen LogP contribution in [0.1, 0.15) is 26.3 Å². The van der Waals surface area contributed by atoms with E-state index in [4.69, 9.17) is 0 Å². The molecule has 0 aliphatic rings. The van der Waals surface area contributed by atoms with Crippen LogP contribution in [0.25, 0.3) is 0 Å². The van der Waals surface area contributed by atoms with Gasteiger partial charge in [0.1, 0.15) is 0 Å². The van der Waals surface area contributed by atoms with E-state index in [1.807, 2.05) is 68.4 Å². The van der Waals surface area contributed by atoms with Crippen LogP contribution in [0.4, 0.5) is 0 Å². The number of hydrogen-bond acceptors (Lipinski definition) is 0. The topological polar surface area (TPSA) is 0 Å². The highest BCUT2D eigenvalue weighted by molar-refractivity contribution is 5.11. The second-order valence-electron chi connectivity index (χ2n) is 3.10. The summed E-state index contributed by atoms with van der Waals surface area (Å²) in [5, 5.41) is 0. The van der Waals surface area contributed by atoms with Crippen LogP contribution in [-0.2, 0) is 0 Å². The Balaban J connectivity index is 0. The summed E-state index contributed by atoms with van der Waals surface area (Å²) >= 11 is 0. The van der Waals surface area contributed by atoms with Gasteiger partial charge in [-0.05, 0) is 13.8 Å². The Bertz CT molecular complexity index is 341. The van der Waals surface area contributed by atoms with Crippen molar-refractivity contribution in [1.29, 1.82) is 0 Å². The van der Waals surface area contributed by atoms with E-state index in [0.717, 1.165) is 0 Å². The fraction of sp³-hybridized carbons (Fsp3) is 0.222. The van der Waals surface area contributed by atoms with Crippen LogP contribution in [0.3, 0.4) is 0 Å². The molecule has 0 aromatic heterocycles. The van der Waals surface area contributed by atoms with Gasteiger partial charge < -0.3 is 0 Å². The van der Waals surface area contributed by atoms with Crippen molar-refractivity contribution in [1.82, 2.24) is 0 Å². The monoisotopic (exact) mass is 240 g/mol. The van der Waals surface area contributed by atoms with Crippen molar-refractivity contribution >= 4 is 0 Å². The molecule has 0 atom stereocenters. The minimum atomic E-state index is 1.32. The zero-order valence-electron chi connectivity index (χ0n) is 11.9. The van der Waals surface area contributed by atoms with Gasteiger partial charge in [-0.1, -0.05) is 86.1 Å².